The van der Waals surface area contributed by atoms with Gasteiger partial charge in [0.1, 0.15) is 5.84 Å². The molecule has 1 saturated heterocycles. The molecule has 5 rings (SSSR count). The van der Waals surface area contributed by atoms with E-state index in [0.717, 1.165) is 55.1 Å². The van der Waals surface area contributed by atoms with Crippen LogP contribution in [0.5, 0.6) is 0 Å². The summed E-state index contributed by atoms with van der Waals surface area (Å²) in [6, 6.07) is 13.2. The van der Waals surface area contributed by atoms with Crippen LogP contribution < -0.4 is 4.90 Å². The molecule has 0 atom stereocenters. The molecule has 2 aromatic rings. The molecule has 0 aromatic heterocycles. The molecule has 27 heavy (non-hydrogen) atoms. The van der Waals surface area contributed by atoms with Crippen LogP contribution in [0.4, 0.5) is 17.1 Å². The van der Waals surface area contributed by atoms with E-state index in [0.29, 0.717) is 0 Å². The monoisotopic (exact) mass is 424 g/mol. The van der Waals surface area contributed by atoms with Gasteiger partial charge in [0.05, 0.1) is 17.1 Å². The maximum absolute atomic E-state index is 5.21. The number of nitrogens with zero attached hydrogens (tertiary/aromatic N) is 4. The first-order chi connectivity index (χ1) is 13.2. The maximum Gasteiger partial charge on any atom is 0.138 e. The number of anilines is 2. The van der Waals surface area contributed by atoms with Gasteiger partial charge in [0.25, 0.3) is 0 Å². The summed E-state index contributed by atoms with van der Waals surface area (Å²) in [6.45, 7) is 8.84. The van der Waals surface area contributed by atoms with E-state index in [9.17, 15) is 0 Å². The molecule has 0 amide bonds. The van der Waals surface area contributed by atoms with E-state index in [1.807, 2.05) is 0 Å². The van der Waals surface area contributed by atoms with Crippen molar-refractivity contribution in [3.63, 3.8) is 0 Å². The Kier molecular flexibility index (Phi) is 4.44. The van der Waals surface area contributed by atoms with Gasteiger partial charge in [0.2, 0.25) is 0 Å². The fourth-order valence-corrected chi connectivity index (χ4v) is 4.96. The Hall–Kier alpha value is -1.85. The molecule has 140 valence electrons. The zero-order chi connectivity index (χ0) is 18.4. The van der Waals surface area contributed by atoms with Crippen molar-refractivity contribution < 1.29 is 0 Å². The predicted octanol–water partition coefficient (Wildman–Crippen LogP) is 4.56. The first-order valence-corrected chi connectivity index (χ1v) is 10.8. The Morgan fingerprint density at radius 2 is 1.89 bits per heavy atom. The van der Waals surface area contributed by atoms with Gasteiger partial charge in [0, 0.05) is 42.8 Å². The van der Waals surface area contributed by atoms with Gasteiger partial charge in [-0.3, -0.25) is 4.90 Å². The molecule has 3 heterocycles. The lowest BCUT2D eigenvalue weighted by molar-refractivity contribution is 0.183. The van der Waals surface area contributed by atoms with Gasteiger partial charge in [0.15, 0.2) is 0 Å². The summed E-state index contributed by atoms with van der Waals surface area (Å²) in [5.41, 5.74) is 6.40. The minimum absolute atomic E-state index is 1.04. The minimum Gasteiger partial charge on any atom is -0.353 e. The number of piperazine rings is 1. The second-order valence-corrected chi connectivity index (χ2v) is 8.53. The molecule has 4 nitrogen and oxygen atoms in total. The van der Waals surface area contributed by atoms with Crippen LogP contribution in [0.2, 0.25) is 0 Å². The van der Waals surface area contributed by atoms with Crippen LogP contribution in [-0.2, 0) is 6.42 Å². The Morgan fingerprint density at radius 3 is 2.70 bits per heavy atom. The van der Waals surface area contributed by atoms with Crippen LogP contribution in [0.1, 0.15) is 24.5 Å². The highest BCUT2D eigenvalue weighted by atomic mass is 79.9. The van der Waals surface area contributed by atoms with E-state index in [2.05, 4.69) is 74.0 Å². The molecule has 0 spiro atoms. The molecule has 1 fully saturated rings. The first kappa shape index (κ1) is 17.3. The van der Waals surface area contributed by atoms with Gasteiger partial charge in [-0.25, -0.2) is 4.99 Å². The first-order valence-electron chi connectivity index (χ1n) is 10.00. The van der Waals surface area contributed by atoms with E-state index in [1.54, 1.807) is 0 Å². The molecule has 3 aliphatic heterocycles. The smallest absolute Gasteiger partial charge is 0.138 e. The van der Waals surface area contributed by atoms with Gasteiger partial charge in [-0.2, -0.15) is 0 Å². The number of para-hydroxylation sites is 1. The Labute approximate surface area is 169 Å². The Bertz CT molecular complexity index is 899. The van der Waals surface area contributed by atoms with Gasteiger partial charge in [-0.05, 0) is 49.2 Å². The molecule has 0 unspecified atom stereocenters. The highest BCUT2D eigenvalue weighted by Crippen LogP contribution is 2.45. The summed E-state index contributed by atoms with van der Waals surface area (Å²) >= 11 is 3.64. The highest BCUT2D eigenvalue weighted by Gasteiger charge is 2.32. The van der Waals surface area contributed by atoms with Crippen molar-refractivity contribution in [2.45, 2.75) is 19.8 Å². The van der Waals surface area contributed by atoms with Crippen molar-refractivity contribution >= 4 is 38.8 Å². The average molecular weight is 425 g/mol. The number of halogens is 1. The second kappa shape index (κ2) is 6.95. The van der Waals surface area contributed by atoms with Gasteiger partial charge >= 0.3 is 0 Å². The molecule has 2 aromatic carbocycles. The second-order valence-electron chi connectivity index (χ2n) is 7.61. The summed E-state index contributed by atoms with van der Waals surface area (Å²) in [5.74, 6) is 1.15. The van der Waals surface area contributed by atoms with Crippen molar-refractivity contribution in [1.29, 1.82) is 0 Å². The third-order valence-electron chi connectivity index (χ3n) is 5.90. The topological polar surface area (TPSA) is 22.1 Å². The Morgan fingerprint density at radius 1 is 1.04 bits per heavy atom. The fraction of sp³-hybridized carbons (Fsp3) is 0.409. The van der Waals surface area contributed by atoms with Crippen molar-refractivity contribution in [3.05, 3.63) is 52.0 Å². The van der Waals surface area contributed by atoms with Crippen molar-refractivity contribution in [2.75, 3.05) is 44.2 Å². The van der Waals surface area contributed by atoms with Crippen LogP contribution in [0.15, 0.2) is 45.9 Å². The van der Waals surface area contributed by atoms with E-state index in [4.69, 9.17) is 4.99 Å². The summed E-state index contributed by atoms with van der Waals surface area (Å²) in [5, 5.41) is 0. The van der Waals surface area contributed by atoms with Gasteiger partial charge in [-0.1, -0.05) is 35.0 Å². The van der Waals surface area contributed by atoms with Crippen LogP contribution in [0, 0.1) is 0 Å². The molecule has 0 bridgehead atoms. The van der Waals surface area contributed by atoms with Crippen LogP contribution in [0.3, 0.4) is 0 Å². The molecule has 5 heteroatoms. The predicted molar refractivity (Wildman–Crippen MR) is 116 cm³/mol. The number of hydrogen-bond acceptors (Lipinski definition) is 4. The standard InChI is InChI=1S/C22H25BrN4/c1-2-9-25-11-13-26(14-12-25)22-18-5-3-4-16-8-10-27(21(16)18)20-7-6-17(23)15-19(20)24-22/h3-7,15H,2,8-14H2,1H3. The zero-order valence-corrected chi connectivity index (χ0v) is 17.4. The van der Waals surface area contributed by atoms with Crippen LogP contribution in [0.25, 0.3) is 0 Å². The quantitative estimate of drug-likeness (QED) is 0.704. The molecular weight excluding hydrogens is 400 g/mol. The lowest BCUT2D eigenvalue weighted by Gasteiger charge is -2.36. The number of hydrogen-bond donors (Lipinski definition) is 0. The average Bonchev–Trinajstić information content (AvgIpc) is 3.05. The Balaban J connectivity index is 1.60. The summed E-state index contributed by atoms with van der Waals surface area (Å²) in [6.07, 6.45) is 2.33. The van der Waals surface area contributed by atoms with E-state index in [-0.39, 0.29) is 0 Å². The lowest BCUT2D eigenvalue weighted by atomic mass is 10.1. The molecule has 0 radical (unpaired) electrons. The van der Waals surface area contributed by atoms with E-state index < -0.39 is 0 Å². The third-order valence-corrected chi connectivity index (χ3v) is 6.39. The van der Waals surface area contributed by atoms with Gasteiger partial charge in [-0.15, -0.1) is 0 Å². The zero-order valence-electron chi connectivity index (χ0n) is 15.8. The number of benzene rings is 2. The normalized spacial score (nSPS) is 18.8. The molecule has 0 N–H and O–H groups in total. The minimum atomic E-state index is 1.04. The van der Waals surface area contributed by atoms with Crippen molar-refractivity contribution in [2.24, 2.45) is 4.99 Å². The number of aliphatic imine (C=N–C) groups is 1. The molecule has 0 saturated carbocycles. The van der Waals surface area contributed by atoms with Crippen molar-refractivity contribution in [1.82, 2.24) is 9.80 Å². The van der Waals surface area contributed by atoms with Gasteiger partial charge < -0.3 is 9.80 Å². The number of rotatable bonds is 2. The largest absolute Gasteiger partial charge is 0.353 e. The van der Waals surface area contributed by atoms with E-state index >= 15 is 0 Å². The van der Waals surface area contributed by atoms with Crippen LogP contribution >= 0.6 is 15.9 Å². The third kappa shape index (κ3) is 2.97. The summed E-state index contributed by atoms with van der Waals surface area (Å²) in [4.78, 5) is 12.7. The summed E-state index contributed by atoms with van der Waals surface area (Å²) in [7, 11) is 0. The van der Waals surface area contributed by atoms with Crippen molar-refractivity contribution in [3.8, 4) is 0 Å². The molecule has 3 aliphatic rings. The number of amidine groups is 1. The fourth-order valence-electron chi connectivity index (χ4n) is 4.61. The van der Waals surface area contributed by atoms with Crippen LogP contribution in [-0.4, -0.2) is 54.9 Å². The lowest BCUT2D eigenvalue weighted by Crippen LogP contribution is -2.49. The number of fused-ring (bicyclic) bond motifs is 2. The van der Waals surface area contributed by atoms with E-state index in [1.165, 1.54) is 35.5 Å². The maximum atomic E-state index is 5.21. The SMILES string of the molecule is CCCN1CCN(C2=Nc3cc(Br)ccc3N3CCc4cccc2c43)CC1. The molecular formula is C22H25BrN4. The highest BCUT2D eigenvalue weighted by molar-refractivity contribution is 9.10. The summed E-state index contributed by atoms with van der Waals surface area (Å²) < 4.78 is 1.09. The molecule has 0 aliphatic carbocycles.